The van der Waals surface area contributed by atoms with Crippen LogP contribution < -0.4 is 10.9 Å². The summed E-state index contributed by atoms with van der Waals surface area (Å²) in [5.41, 5.74) is 3.43. The van der Waals surface area contributed by atoms with E-state index >= 15 is 0 Å². The largest absolute Gasteiger partial charge is 0.325 e. The first-order chi connectivity index (χ1) is 16.0. The predicted molar refractivity (Wildman–Crippen MR) is 133 cm³/mol. The molecule has 0 fully saturated rings. The molecule has 2 aromatic heterocycles. The van der Waals surface area contributed by atoms with Crippen LogP contribution in [0.2, 0.25) is 5.02 Å². The van der Waals surface area contributed by atoms with Crippen LogP contribution in [0.4, 0.5) is 5.69 Å². The second kappa shape index (κ2) is 10.2. The fraction of sp³-hybridized carbons (Fsp3) is 0.250. The maximum Gasteiger partial charge on any atom is 0.280 e. The molecule has 0 aliphatic carbocycles. The first kappa shape index (κ1) is 23.1. The second-order valence-electron chi connectivity index (χ2n) is 7.53. The average Bonchev–Trinajstić information content (AvgIpc) is 3.15. The molecule has 0 saturated carbocycles. The van der Waals surface area contributed by atoms with Crippen LogP contribution in [0.1, 0.15) is 18.2 Å². The number of carbonyl (C=O) groups is 1. The summed E-state index contributed by atoms with van der Waals surface area (Å²) in [7, 11) is 0. The fourth-order valence-electron chi connectivity index (χ4n) is 3.57. The highest BCUT2D eigenvalue weighted by Crippen LogP contribution is 2.21. The monoisotopic (exact) mass is 481 g/mol. The van der Waals surface area contributed by atoms with Gasteiger partial charge in [0, 0.05) is 23.8 Å². The Morgan fingerprint density at radius 3 is 2.55 bits per heavy atom. The maximum absolute atomic E-state index is 13.5. The van der Waals surface area contributed by atoms with Gasteiger partial charge in [-0.15, -0.1) is 0 Å². The Balaban J connectivity index is 1.61. The van der Waals surface area contributed by atoms with Crippen molar-refractivity contribution in [2.24, 2.45) is 0 Å². The number of benzene rings is 2. The number of aryl methyl sites for hydroxylation is 3. The van der Waals surface area contributed by atoms with E-state index in [9.17, 15) is 9.59 Å². The van der Waals surface area contributed by atoms with Crippen molar-refractivity contribution >= 4 is 46.0 Å². The van der Waals surface area contributed by atoms with Gasteiger partial charge in [-0.05, 0) is 50.1 Å². The molecule has 0 spiro atoms. The van der Waals surface area contributed by atoms with Gasteiger partial charge in [-0.3, -0.25) is 18.8 Å². The number of amides is 1. The molecule has 0 saturated heterocycles. The zero-order valence-corrected chi connectivity index (χ0v) is 20.0. The SMILES string of the molecule is CCn1nc(C)c2nc(SCC(=O)Nc3ccc(Cl)cc3)n(CCc3ccccc3)c(=O)c21. The first-order valence-electron chi connectivity index (χ1n) is 10.7. The van der Waals surface area contributed by atoms with Crippen molar-refractivity contribution < 1.29 is 4.79 Å². The number of hydrogen-bond acceptors (Lipinski definition) is 5. The zero-order valence-electron chi connectivity index (χ0n) is 18.4. The molecule has 4 aromatic rings. The number of nitrogens with zero attached hydrogens (tertiary/aromatic N) is 4. The van der Waals surface area contributed by atoms with Crippen molar-refractivity contribution in [1.29, 1.82) is 0 Å². The molecule has 0 unspecified atom stereocenters. The lowest BCUT2D eigenvalue weighted by Gasteiger charge is -2.13. The molecule has 4 rings (SSSR count). The summed E-state index contributed by atoms with van der Waals surface area (Å²) in [4.78, 5) is 30.7. The number of anilines is 1. The Bertz CT molecular complexity index is 1330. The molecule has 170 valence electrons. The fourth-order valence-corrected chi connectivity index (χ4v) is 4.51. The maximum atomic E-state index is 13.5. The van der Waals surface area contributed by atoms with Gasteiger partial charge in [0.2, 0.25) is 5.91 Å². The van der Waals surface area contributed by atoms with E-state index in [0.29, 0.717) is 52.1 Å². The minimum atomic E-state index is -0.188. The highest BCUT2D eigenvalue weighted by molar-refractivity contribution is 7.99. The number of rotatable bonds is 8. The van der Waals surface area contributed by atoms with Gasteiger partial charge in [0.15, 0.2) is 10.7 Å². The summed E-state index contributed by atoms with van der Waals surface area (Å²) in [6.45, 7) is 4.83. The van der Waals surface area contributed by atoms with Crippen LogP contribution in [0, 0.1) is 6.92 Å². The van der Waals surface area contributed by atoms with Gasteiger partial charge in [0.25, 0.3) is 5.56 Å². The van der Waals surface area contributed by atoms with Crippen LogP contribution in [0.3, 0.4) is 0 Å². The van der Waals surface area contributed by atoms with Crippen LogP contribution >= 0.6 is 23.4 Å². The van der Waals surface area contributed by atoms with Crippen molar-refractivity contribution in [2.75, 3.05) is 11.1 Å². The smallest absolute Gasteiger partial charge is 0.280 e. The van der Waals surface area contributed by atoms with E-state index in [1.165, 1.54) is 11.8 Å². The Hall–Kier alpha value is -3.10. The molecular weight excluding hydrogens is 458 g/mol. The molecule has 2 heterocycles. The molecule has 33 heavy (non-hydrogen) atoms. The Labute approximate surface area is 200 Å². The minimum absolute atomic E-state index is 0.118. The predicted octanol–water partition coefficient (Wildman–Crippen LogP) is 4.55. The van der Waals surface area contributed by atoms with Gasteiger partial charge in [0.1, 0.15) is 5.52 Å². The summed E-state index contributed by atoms with van der Waals surface area (Å²) >= 11 is 7.15. The van der Waals surface area contributed by atoms with Crippen LogP contribution in [0.5, 0.6) is 0 Å². The summed E-state index contributed by atoms with van der Waals surface area (Å²) in [6.07, 6.45) is 0.678. The molecule has 1 N–H and O–H groups in total. The van der Waals surface area contributed by atoms with Crippen LogP contribution in [0.15, 0.2) is 64.5 Å². The lowest BCUT2D eigenvalue weighted by Crippen LogP contribution is -2.26. The Kier molecular flexibility index (Phi) is 7.15. The number of thioether (sulfide) groups is 1. The number of aromatic nitrogens is 4. The van der Waals surface area contributed by atoms with E-state index in [0.717, 1.165) is 5.56 Å². The molecule has 7 nitrogen and oxygen atoms in total. The molecule has 0 aliphatic heterocycles. The topological polar surface area (TPSA) is 81.8 Å². The highest BCUT2D eigenvalue weighted by atomic mass is 35.5. The molecule has 9 heteroatoms. The van der Waals surface area contributed by atoms with Crippen LogP contribution in [-0.2, 0) is 24.3 Å². The summed E-state index contributed by atoms with van der Waals surface area (Å²) in [6, 6.07) is 16.9. The lowest BCUT2D eigenvalue weighted by molar-refractivity contribution is -0.113. The van der Waals surface area contributed by atoms with E-state index < -0.39 is 0 Å². The van der Waals surface area contributed by atoms with Gasteiger partial charge in [-0.25, -0.2) is 4.98 Å². The number of carbonyl (C=O) groups excluding carboxylic acids is 1. The first-order valence-corrected chi connectivity index (χ1v) is 12.0. The van der Waals surface area contributed by atoms with Crippen LogP contribution in [0.25, 0.3) is 11.0 Å². The third-order valence-electron chi connectivity index (χ3n) is 5.21. The molecule has 0 radical (unpaired) electrons. The van der Waals surface area contributed by atoms with Gasteiger partial charge in [0.05, 0.1) is 11.4 Å². The van der Waals surface area contributed by atoms with E-state index in [1.54, 1.807) is 33.5 Å². The number of halogens is 1. The van der Waals surface area contributed by atoms with E-state index in [2.05, 4.69) is 10.4 Å². The van der Waals surface area contributed by atoms with Gasteiger partial charge in [-0.1, -0.05) is 53.7 Å². The lowest BCUT2D eigenvalue weighted by atomic mass is 10.1. The standard InChI is InChI=1S/C24H24ClN5O2S/c1-3-30-22-21(16(2)28-30)27-24(29(23(22)32)14-13-17-7-5-4-6-8-17)33-15-20(31)26-19-11-9-18(25)10-12-19/h4-12H,3,13-15H2,1-2H3,(H,26,31). The average molecular weight is 482 g/mol. The van der Waals surface area contributed by atoms with Crippen molar-refractivity contribution in [3.63, 3.8) is 0 Å². The van der Waals surface area contributed by atoms with Gasteiger partial charge >= 0.3 is 0 Å². The summed E-state index contributed by atoms with van der Waals surface area (Å²) in [5.74, 6) is -0.0698. The highest BCUT2D eigenvalue weighted by Gasteiger charge is 2.19. The quantitative estimate of drug-likeness (QED) is 0.295. The van der Waals surface area contributed by atoms with Crippen molar-refractivity contribution in [1.82, 2.24) is 19.3 Å². The normalized spacial score (nSPS) is 11.1. The number of nitrogens with one attached hydrogen (secondary N) is 1. The van der Waals surface area contributed by atoms with E-state index in [1.807, 2.05) is 44.2 Å². The Morgan fingerprint density at radius 2 is 1.85 bits per heavy atom. The summed E-state index contributed by atoms with van der Waals surface area (Å²) < 4.78 is 3.35. The molecule has 1 amide bonds. The number of hydrogen-bond donors (Lipinski definition) is 1. The Morgan fingerprint density at radius 1 is 1.12 bits per heavy atom. The molecule has 0 bridgehead atoms. The number of fused-ring (bicyclic) bond motifs is 1. The third kappa shape index (κ3) is 5.29. The van der Waals surface area contributed by atoms with Gasteiger partial charge in [-0.2, -0.15) is 5.10 Å². The van der Waals surface area contributed by atoms with Crippen molar-refractivity contribution in [3.05, 3.63) is 81.2 Å². The molecule has 0 atom stereocenters. The summed E-state index contributed by atoms with van der Waals surface area (Å²) in [5, 5.41) is 8.42. The molecule has 2 aromatic carbocycles. The third-order valence-corrected chi connectivity index (χ3v) is 6.44. The molecule has 0 aliphatic rings. The van der Waals surface area contributed by atoms with Crippen LogP contribution in [-0.4, -0.2) is 31.0 Å². The minimum Gasteiger partial charge on any atom is -0.325 e. The van der Waals surface area contributed by atoms with E-state index in [4.69, 9.17) is 16.6 Å². The molecular formula is C24H24ClN5O2S. The van der Waals surface area contributed by atoms with Gasteiger partial charge < -0.3 is 5.32 Å². The van der Waals surface area contributed by atoms with Crippen molar-refractivity contribution in [3.8, 4) is 0 Å². The zero-order chi connectivity index (χ0) is 23.4. The van der Waals surface area contributed by atoms with Crippen molar-refractivity contribution in [2.45, 2.75) is 38.5 Å². The second-order valence-corrected chi connectivity index (χ2v) is 8.91. The van der Waals surface area contributed by atoms with E-state index in [-0.39, 0.29) is 17.2 Å².